The van der Waals surface area contributed by atoms with Crippen LogP contribution in [0.25, 0.3) is 0 Å². The molecule has 0 aliphatic heterocycles. The van der Waals surface area contributed by atoms with Gasteiger partial charge in [-0.3, -0.25) is 9.59 Å². The van der Waals surface area contributed by atoms with Gasteiger partial charge in [-0.1, -0.05) is 12.1 Å². The van der Waals surface area contributed by atoms with Crippen molar-refractivity contribution in [2.75, 3.05) is 5.32 Å². The monoisotopic (exact) mass is 340 g/mol. The molecule has 1 heterocycles. The standard InChI is InChI=1S/C19H14F2N2O2/c20-14-6-8-16(9-7-14)22-18(24)17-5-2-10-23(19(17)25)12-13-3-1-4-15(21)11-13/h1-11H,12H2,(H,22,24). The van der Waals surface area contributed by atoms with E-state index in [1.807, 2.05) is 0 Å². The number of nitrogens with one attached hydrogen (secondary N) is 1. The summed E-state index contributed by atoms with van der Waals surface area (Å²) in [6, 6.07) is 14.1. The van der Waals surface area contributed by atoms with Crippen molar-refractivity contribution in [3.8, 4) is 0 Å². The fourth-order valence-electron chi connectivity index (χ4n) is 2.40. The van der Waals surface area contributed by atoms with Crippen LogP contribution in [-0.2, 0) is 6.54 Å². The minimum absolute atomic E-state index is 0.0526. The molecular weight excluding hydrogens is 326 g/mol. The third-order valence-electron chi connectivity index (χ3n) is 3.61. The molecule has 0 aliphatic rings. The van der Waals surface area contributed by atoms with E-state index >= 15 is 0 Å². The van der Waals surface area contributed by atoms with E-state index in [0.29, 0.717) is 11.3 Å². The van der Waals surface area contributed by atoms with Gasteiger partial charge in [0.05, 0.1) is 6.54 Å². The Kier molecular flexibility index (Phi) is 4.70. The Labute approximate surface area is 142 Å². The molecule has 25 heavy (non-hydrogen) atoms. The molecule has 0 fully saturated rings. The number of carbonyl (C=O) groups excluding carboxylic acids is 1. The van der Waals surface area contributed by atoms with E-state index in [0.717, 1.165) is 0 Å². The zero-order valence-corrected chi connectivity index (χ0v) is 13.1. The number of amides is 1. The van der Waals surface area contributed by atoms with Gasteiger partial charge in [0, 0.05) is 11.9 Å². The van der Waals surface area contributed by atoms with E-state index < -0.39 is 23.1 Å². The molecule has 0 unspecified atom stereocenters. The number of benzene rings is 2. The van der Waals surface area contributed by atoms with Crippen molar-refractivity contribution in [1.82, 2.24) is 4.57 Å². The van der Waals surface area contributed by atoms with Crippen molar-refractivity contribution in [2.45, 2.75) is 6.54 Å². The highest BCUT2D eigenvalue weighted by Crippen LogP contribution is 2.10. The molecule has 126 valence electrons. The molecule has 1 N–H and O–H groups in total. The van der Waals surface area contributed by atoms with Gasteiger partial charge in [-0.2, -0.15) is 0 Å². The molecule has 3 aromatic rings. The molecule has 0 aliphatic carbocycles. The third-order valence-corrected chi connectivity index (χ3v) is 3.61. The third kappa shape index (κ3) is 3.98. The van der Waals surface area contributed by atoms with Gasteiger partial charge in [0.15, 0.2) is 0 Å². The second-order valence-electron chi connectivity index (χ2n) is 5.45. The van der Waals surface area contributed by atoms with E-state index in [9.17, 15) is 18.4 Å². The molecule has 0 bridgehead atoms. The predicted octanol–water partition coefficient (Wildman–Crippen LogP) is 3.43. The average Bonchev–Trinajstić information content (AvgIpc) is 2.59. The average molecular weight is 340 g/mol. The van der Waals surface area contributed by atoms with E-state index in [4.69, 9.17) is 0 Å². The summed E-state index contributed by atoms with van der Waals surface area (Å²) in [5.74, 6) is -1.41. The summed E-state index contributed by atoms with van der Waals surface area (Å²) < 4.78 is 27.5. The summed E-state index contributed by atoms with van der Waals surface area (Å²) in [6.07, 6.45) is 1.53. The topological polar surface area (TPSA) is 51.1 Å². The quantitative estimate of drug-likeness (QED) is 0.791. The van der Waals surface area contributed by atoms with Crippen molar-refractivity contribution in [1.29, 1.82) is 0 Å². The molecule has 1 amide bonds. The molecular formula is C19H14F2N2O2. The Morgan fingerprint density at radius 1 is 0.960 bits per heavy atom. The Balaban J connectivity index is 1.84. The Hall–Kier alpha value is -3.28. The van der Waals surface area contributed by atoms with Crippen LogP contribution in [0.5, 0.6) is 0 Å². The summed E-state index contributed by atoms with van der Waals surface area (Å²) in [7, 11) is 0. The van der Waals surface area contributed by atoms with E-state index in [-0.39, 0.29) is 12.1 Å². The number of hydrogen-bond acceptors (Lipinski definition) is 2. The predicted molar refractivity (Wildman–Crippen MR) is 90.6 cm³/mol. The van der Waals surface area contributed by atoms with Crippen molar-refractivity contribution >= 4 is 11.6 Å². The van der Waals surface area contributed by atoms with Gasteiger partial charge in [-0.05, 0) is 54.1 Å². The second-order valence-corrected chi connectivity index (χ2v) is 5.45. The lowest BCUT2D eigenvalue weighted by Gasteiger charge is -2.09. The molecule has 2 aromatic carbocycles. The molecule has 1 aromatic heterocycles. The summed E-state index contributed by atoms with van der Waals surface area (Å²) in [5, 5.41) is 2.55. The van der Waals surface area contributed by atoms with Crippen LogP contribution in [0.15, 0.2) is 71.7 Å². The molecule has 0 saturated carbocycles. The van der Waals surface area contributed by atoms with E-state index in [2.05, 4.69) is 5.32 Å². The molecule has 6 heteroatoms. The number of hydrogen-bond donors (Lipinski definition) is 1. The highest BCUT2D eigenvalue weighted by molar-refractivity contribution is 6.03. The highest BCUT2D eigenvalue weighted by atomic mass is 19.1. The van der Waals surface area contributed by atoms with Gasteiger partial charge in [0.2, 0.25) is 0 Å². The van der Waals surface area contributed by atoms with Crippen LogP contribution in [0.2, 0.25) is 0 Å². The Morgan fingerprint density at radius 3 is 2.44 bits per heavy atom. The molecule has 0 atom stereocenters. The maximum Gasteiger partial charge on any atom is 0.263 e. The lowest BCUT2D eigenvalue weighted by atomic mass is 10.2. The van der Waals surface area contributed by atoms with Gasteiger partial charge in [0.1, 0.15) is 17.2 Å². The lowest BCUT2D eigenvalue weighted by molar-refractivity contribution is 0.102. The van der Waals surface area contributed by atoms with Gasteiger partial charge in [-0.15, -0.1) is 0 Å². The first-order chi connectivity index (χ1) is 12.0. The van der Waals surface area contributed by atoms with Crippen LogP contribution in [0.4, 0.5) is 14.5 Å². The van der Waals surface area contributed by atoms with Crippen LogP contribution < -0.4 is 10.9 Å². The van der Waals surface area contributed by atoms with Gasteiger partial charge >= 0.3 is 0 Å². The fraction of sp³-hybridized carbons (Fsp3) is 0.0526. The van der Waals surface area contributed by atoms with Crippen molar-refractivity contribution < 1.29 is 13.6 Å². The molecule has 0 spiro atoms. The molecule has 0 radical (unpaired) electrons. The molecule has 4 nitrogen and oxygen atoms in total. The van der Waals surface area contributed by atoms with Crippen LogP contribution >= 0.6 is 0 Å². The SMILES string of the molecule is O=C(Nc1ccc(F)cc1)c1cccn(Cc2cccc(F)c2)c1=O. The van der Waals surface area contributed by atoms with E-state index in [1.165, 1.54) is 53.2 Å². The zero-order valence-electron chi connectivity index (χ0n) is 13.1. The summed E-state index contributed by atoms with van der Waals surface area (Å²) in [5.41, 5.74) is 0.444. The van der Waals surface area contributed by atoms with E-state index in [1.54, 1.807) is 18.2 Å². The first kappa shape index (κ1) is 16.6. The van der Waals surface area contributed by atoms with Gasteiger partial charge in [-0.25, -0.2) is 8.78 Å². The smallest absolute Gasteiger partial charge is 0.263 e. The normalized spacial score (nSPS) is 10.5. The largest absolute Gasteiger partial charge is 0.322 e. The first-order valence-corrected chi connectivity index (χ1v) is 7.54. The number of pyridine rings is 1. The number of anilines is 1. The number of halogens is 2. The van der Waals surface area contributed by atoms with Crippen molar-refractivity contribution in [2.24, 2.45) is 0 Å². The Bertz CT molecular complexity index is 966. The second kappa shape index (κ2) is 7.09. The van der Waals surface area contributed by atoms with Gasteiger partial charge < -0.3 is 9.88 Å². The number of nitrogens with zero attached hydrogens (tertiary/aromatic N) is 1. The number of aromatic nitrogens is 1. The highest BCUT2D eigenvalue weighted by Gasteiger charge is 2.13. The van der Waals surface area contributed by atoms with Crippen LogP contribution in [-0.4, -0.2) is 10.5 Å². The summed E-state index contributed by atoms with van der Waals surface area (Å²) in [6.45, 7) is 0.147. The first-order valence-electron chi connectivity index (χ1n) is 7.54. The van der Waals surface area contributed by atoms with Crippen LogP contribution in [0.3, 0.4) is 0 Å². The summed E-state index contributed by atoms with van der Waals surface area (Å²) >= 11 is 0. The van der Waals surface area contributed by atoms with Gasteiger partial charge in [0.25, 0.3) is 11.5 Å². The minimum Gasteiger partial charge on any atom is -0.322 e. The van der Waals surface area contributed by atoms with Crippen molar-refractivity contribution in [3.63, 3.8) is 0 Å². The maximum atomic E-state index is 13.3. The maximum absolute atomic E-state index is 13.3. The summed E-state index contributed by atoms with van der Waals surface area (Å²) in [4.78, 5) is 24.8. The fourth-order valence-corrected chi connectivity index (χ4v) is 2.40. The lowest BCUT2D eigenvalue weighted by Crippen LogP contribution is -2.29. The number of rotatable bonds is 4. The zero-order chi connectivity index (χ0) is 17.8. The Morgan fingerprint density at radius 2 is 1.72 bits per heavy atom. The molecule has 0 saturated heterocycles. The van der Waals surface area contributed by atoms with Crippen molar-refractivity contribution in [3.05, 3.63) is 100.0 Å². The van der Waals surface area contributed by atoms with Crippen LogP contribution in [0.1, 0.15) is 15.9 Å². The van der Waals surface area contributed by atoms with Crippen LogP contribution in [0, 0.1) is 11.6 Å². The number of carbonyl (C=O) groups is 1. The molecule has 3 rings (SSSR count). The minimum atomic E-state index is -0.592.